The summed E-state index contributed by atoms with van der Waals surface area (Å²) in [6.07, 6.45) is 0.472. The summed E-state index contributed by atoms with van der Waals surface area (Å²) in [4.78, 5) is 12.3. The number of methoxy groups -OCH3 is 2. The Hall–Kier alpha value is -1.82. The molecule has 1 amide bonds. The van der Waals surface area contributed by atoms with Gasteiger partial charge in [-0.3, -0.25) is 4.79 Å². The molecule has 5 nitrogen and oxygen atoms in total. The van der Waals surface area contributed by atoms with Gasteiger partial charge < -0.3 is 20.5 Å². The second-order valence-electron chi connectivity index (χ2n) is 3.54. The first kappa shape index (κ1) is 14.2. The lowest BCUT2D eigenvalue weighted by atomic mass is 10.1. The predicted molar refractivity (Wildman–Crippen MR) is 73.3 cm³/mol. The normalized spacial score (nSPS) is 9.67. The Morgan fingerprint density at radius 3 is 2.67 bits per heavy atom. The molecule has 6 heteroatoms. The van der Waals surface area contributed by atoms with Crippen molar-refractivity contribution in [3.05, 3.63) is 23.8 Å². The third kappa shape index (κ3) is 3.89. The topological polar surface area (TPSA) is 73.6 Å². The standard InChI is InChI=1S/C12H16N2O3S/c1-16-8-3-4-9(10(7-8)17-2)12(15)14-6-5-11(13)18/h3-4,7H,5-6H2,1-2H3,(H2,13,18)(H,14,15). The Bertz CT molecular complexity index is 449. The highest BCUT2D eigenvalue weighted by molar-refractivity contribution is 7.80. The number of ether oxygens (including phenoxy) is 2. The van der Waals surface area contributed by atoms with Crippen LogP contribution in [-0.2, 0) is 0 Å². The van der Waals surface area contributed by atoms with E-state index in [1.54, 1.807) is 25.3 Å². The number of rotatable bonds is 6. The number of amides is 1. The van der Waals surface area contributed by atoms with Crippen LogP contribution >= 0.6 is 12.2 Å². The number of nitrogens with two attached hydrogens (primary N) is 1. The van der Waals surface area contributed by atoms with Crippen molar-refractivity contribution in [3.8, 4) is 11.5 Å². The molecule has 0 radical (unpaired) electrons. The zero-order valence-corrected chi connectivity index (χ0v) is 11.2. The molecule has 0 saturated carbocycles. The number of hydrogen-bond donors (Lipinski definition) is 2. The van der Waals surface area contributed by atoms with Crippen molar-refractivity contribution in [1.29, 1.82) is 0 Å². The van der Waals surface area contributed by atoms with Crippen LogP contribution in [0.2, 0.25) is 0 Å². The van der Waals surface area contributed by atoms with Crippen molar-refractivity contribution in [2.75, 3.05) is 20.8 Å². The van der Waals surface area contributed by atoms with E-state index in [0.29, 0.717) is 35.0 Å². The van der Waals surface area contributed by atoms with E-state index < -0.39 is 0 Å². The summed E-state index contributed by atoms with van der Waals surface area (Å²) < 4.78 is 10.2. The highest BCUT2D eigenvalue weighted by atomic mass is 32.1. The maximum absolute atomic E-state index is 11.9. The molecule has 0 atom stereocenters. The van der Waals surface area contributed by atoms with E-state index in [2.05, 4.69) is 5.32 Å². The number of nitrogens with one attached hydrogen (secondary N) is 1. The monoisotopic (exact) mass is 268 g/mol. The Labute approximate surface area is 111 Å². The molecule has 0 aromatic heterocycles. The molecular weight excluding hydrogens is 252 g/mol. The van der Waals surface area contributed by atoms with Crippen molar-refractivity contribution < 1.29 is 14.3 Å². The molecular formula is C12H16N2O3S. The summed E-state index contributed by atoms with van der Waals surface area (Å²) >= 11 is 4.73. The number of carbonyl (C=O) groups excluding carboxylic acids is 1. The Morgan fingerprint density at radius 1 is 1.39 bits per heavy atom. The van der Waals surface area contributed by atoms with Crippen LogP contribution in [0.15, 0.2) is 18.2 Å². The van der Waals surface area contributed by atoms with Crippen LogP contribution in [0.5, 0.6) is 11.5 Å². The lowest BCUT2D eigenvalue weighted by Gasteiger charge is -2.10. The van der Waals surface area contributed by atoms with Gasteiger partial charge >= 0.3 is 0 Å². The largest absolute Gasteiger partial charge is 0.497 e. The zero-order chi connectivity index (χ0) is 13.5. The van der Waals surface area contributed by atoms with Crippen molar-refractivity contribution in [3.63, 3.8) is 0 Å². The third-order valence-corrected chi connectivity index (χ3v) is 2.51. The molecule has 3 N–H and O–H groups in total. The van der Waals surface area contributed by atoms with E-state index in [4.69, 9.17) is 27.4 Å². The van der Waals surface area contributed by atoms with Gasteiger partial charge in [-0.15, -0.1) is 0 Å². The first-order chi connectivity index (χ1) is 8.58. The van der Waals surface area contributed by atoms with E-state index >= 15 is 0 Å². The Morgan fingerprint density at radius 2 is 2.11 bits per heavy atom. The summed E-state index contributed by atoms with van der Waals surface area (Å²) in [5.74, 6) is 0.861. The molecule has 0 fully saturated rings. The molecule has 0 saturated heterocycles. The smallest absolute Gasteiger partial charge is 0.255 e. The molecule has 1 rings (SSSR count). The van der Waals surface area contributed by atoms with Gasteiger partial charge in [-0.25, -0.2) is 0 Å². The molecule has 0 bridgehead atoms. The van der Waals surface area contributed by atoms with Crippen LogP contribution in [0, 0.1) is 0 Å². The van der Waals surface area contributed by atoms with Crippen LogP contribution in [-0.4, -0.2) is 31.7 Å². The van der Waals surface area contributed by atoms with Gasteiger partial charge in [0, 0.05) is 19.0 Å². The van der Waals surface area contributed by atoms with E-state index in [9.17, 15) is 4.79 Å². The van der Waals surface area contributed by atoms with Crippen LogP contribution in [0.1, 0.15) is 16.8 Å². The maximum Gasteiger partial charge on any atom is 0.255 e. The Balaban J connectivity index is 2.75. The summed E-state index contributed by atoms with van der Waals surface area (Å²) in [5.41, 5.74) is 5.80. The highest BCUT2D eigenvalue weighted by Crippen LogP contribution is 2.24. The van der Waals surface area contributed by atoms with Crippen LogP contribution in [0.3, 0.4) is 0 Å². The zero-order valence-electron chi connectivity index (χ0n) is 10.4. The van der Waals surface area contributed by atoms with Gasteiger partial charge in [-0.1, -0.05) is 12.2 Å². The molecule has 1 aromatic rings. The van der Waals surface area contributed by atoms with Crippen LogP contribution in [0.4, 0.5) is 0 Å². The van der Waals surface area contributed by atoms with Gasteiger partial charge in [0.2, 0.25) is 0 Å². The predicted octanol–water partition coefficient (Wildman–Crippen LogP) is 1.11. The molecule has 98 valence electrons. The van der Waals surface area contributed by atoms with Gasteiger partial charge in [0.05, 0.1) is 24.8 Å². The minimum absolute atomic E-state index is 0.231. The first-order valence-electron chi connectivity index (χ1n) is 5.37. The van der Waals surface area contributed by atoms with Gasteiger partial charge in [0.25, 0.3) is 5.91 Å². The maximum atomic E-state index is 11.9. The minimum atomic E-state index is -0.231. The molecule has 0 aliphatic rings. The van der Waals surface area contributed by atoms with Crippen molar-refractivity contribution >= 4 is 23.1 Å². The van der Waals surface area contributed by atoms with Gasteiger partial charge in [0.1, 0.15) is 11.5 Å². The fourth-order valence-corrected chi connectivity index (χ4v) is 1.48. The van der Waals surface area contributed by atoms with E-state index in [-0.39, 0.29) is 5.91 Å². The van der Waals surface area contributed by atoms with Crippen molar-refractivity contribution in [2.24, 2.45) is 5.73 Å². The fourth-order valence-electron chi connectivity index (χ4n) is 1.38. The first-order valence-corrected chi connectivity index (χ1v) is 5.78. The van der Waals surface area contributed by atoms with Gasteiger partial charge in [-0.05, 0) is 12.1 Å². The molecule has 0 aliphatic carbocycles. The summed E-state index contributed by atoms with van der Waals surface area (Å²) in [7, 11) is 3.05. The van der Waals surface area contributed by atoms with Crippen molar-refractivity contribution in [2.45, 2.75) is 6.42 Å². The minimum Gasteiger partial charge on any atom is -0.497 e. The van der Waals surface area contributed by atoms with E-state index in [1.165, 1.54) is 7.11 Å². The second-order valence-corrected chi connectivity index (χ2v) is 4.06. The number of benzene rings is 1. The highest BCUT2D eigenvalue weighted by Gasteiger charge is 2.12. The van der Waals surface area contributed by atoms with Crippen LogP contribution in [0.25, 0.3) is 0 Å². The second kappa shape index (κ2) is 6.80. The van der Waals surface area contributed by atoms with Gasteiger partial charge in [-0.2, -0.15) is 0 Å². The summed E-state index contributed by atoms with van der Waals surface area (Å²) in [5, 5.41) is 2.72. The van der Waals surface area contributed by atoms with E-state index in [1.807, 2.05) is 0 Å². The average molecular weight is 268 g/mol. The third-order valence-electron chi connectivity index (χ3n) is 2.31. The number of carbonyl (C=O) groups is 1. The van der Waals surface area contributed by atoms with Crippen LogP contribution < -0.4 is 20.5 Å². The van der Waals surface area contributed by atoms with Gasteiger partial charge in [0.15, 0.2) is 0 Å². The van der Waals surface area contributed by atoms with Crippen molar-refractivity contribution in [1.82, 2.24) is 5.32 Å². The molecule has 0 aliphatic heterocycles. The SMILES string of the molecule is COc1ccc(C(=O)NCCC(N)=S)c(OC)c1. The fraction of sp³-hybridized carbons (Fsp3) is 0.333. The molecule has 0 heterocycles. The molecule has 1 aromatic carbocycles. The Kier molecular flexibility index (Phi) is 5.38. The lowest BCUT2D eigenvalue weighted by molar-refractivity contribution is 0.0952. The lowest BCUT2D eigenvalue weighted by Crippen LogP contribution is -2.27. The summed E-state index contributed by atoms with van der Waals surface area (Å²) in [6, 6.07) is 5.00. The number of hydrogen-bond acceptors (Lipinski definition) is 4. The quantitative estimate of drug-likeness (QED) is 0.756. The molecule has 0 unspecified atom stereocenters. The molecule has 0 spiro atoms. The molecule has 18 heavy (non-hydrogen) atoms. The number of thiocarbonyl (C=S) groups is 1. The average Bonchev–Trinajstić information content (AvgIpc) is 2.37. The summed E-state index contributed by atoms with van der Waals surface area (Å²) in [6.45, 7) is 0.406. The van der Waals surface area contributed by atoms with E-state index in [0.717, 1.165) is 0 Å².